The van der Waals surface area contributed by atoms with Crippen LogP contribution in [0.4, 0.5) is 0 Å². The first-order chi connectivity index (χ1) is 13.9. The first kappa shape index (κ1) is 21.1. The van der Waals surface area contributed by atoms with E-state index in [2.05, 4.69) is 11.1 Å². The molecule has 1 aliphatic rings. The zero-order valence-corrected chi connectivity index (χ0v) is 17.5. The largest absolute Gasteiger partial charge is 0.379 e. The van der Waals surface area contributed by atoms with Gasteiger partial charge in [-0.2, -0.15) is 8.42 Å². The van der Waals surface area contributed by atoms with E-state index in [1.807, 2.05) is 19.1 Å². The van der Waals surface area contributed by atoms with Crippen LogP contribution < -0.4 is 4.18 Å². The van der Waals surface area contributed by atoms with E-state index in [0.29, 0.717) is 18.4 Å². The number of benzene rings is 2. The summed E-state index contributed by atoms with van der Waals surface area (Å²) in [6.07, 6.45) is 8.89. The van der Waals surface area contributed by atoms with Gasteiger partial charge in [-0.3, -0.25) is 4.79 Å². The highest BCUT2D eigenvalue weighted by molar-refractivity contribution is 7.87. The zero-order chi connectivity index (χ0) is 20.7. The second kappa shape index (κ2) is 9.74. The minimum absolute atomic E-state index is 0.0355. The predicted molar refractivity (Wildman–Crippen MR) is 114 cm³/mol. The van der Waals surface area contributed by atoms with Crippen LogP contribution >= 0.6 is 0 Å². The maximum atomic E-state index is 12.5. The number of carbonyl (C=O) groups excluding carboxylic acids is 1. The van der Waals surface area contributed by atoms with Crippen molar-refractivity contribution in [3.8, 4) is 5.75 Å². The molecule has 2 aromatic rings. The molecule has 2 aromatic carbocycles. The highest BCUT2D eigenvalue weighted by atomic mass is 32.2. The molecule has 0 unspecified atom stereocenters. The molecule has 0 aromatic heterocycles. The molecule has 0 aliphatic carbocycles. The zero-order valence-electron chi connectivity index (χ0n) is 16.7. The molecule has 1 saturated heterocycles. The number of ketones is 1. The Balaban J connectivity index is 1.59. The van der Waals surface area contributed by atoms with Crippen molar-refractivity contribution >= 4 is 15.9 Å². The first-order valence-electron chi connectivity index (χ1n) is 9.99. The molecular formula is C23H27NO4S. The lowest BCUT2D eigenvalue weighted by atomic mass is 10.1. The van der Waals surface area contributed by atoms with E-state index in [1.54, 1.807) is 30.3 Å². The Morgan fingerprint density at radius 2 is 1.83 bits per heavy atom. The number of piperidine rings is 1. The molecule has 6 heteroatoms. The Labute approximate surface area is 173 Å². The number of nitrogens with zero attached hydrogens (tertiary/aromatic N) is 1. The number of Topliss-reactive ketones (excluding diaryl/α,β-unsaturated/α-hetero) is 1. The Bertz CT molecular complexity index is 976. The number of hydrogen-bond acceptors (Lipinski definition) is 5. The standard InChI is InChI=1S/C23H27NO4S/c1-19-9-7-12-22(17-19)29(26,27)28-21-11-8-10-20(18-21)23(25)13-3-6-16-24-14-4-2-5-15-24/h6-12,16-18H,2-5,13-15H2,1H3. The van der Waals surface area contributed by atoms with Crippen molar-refractivity contribution in [2.24, 2.45) is 0 Å². The molecule has 5 nitrogen and oxygen atoms in total. The van der Waals surface area contributed by atoms with Gasteiger partial charge in [-0.1, -0.05) is 30.3 Å². The molecule has 0 N–H and O–H groups in total. The molecule has 1 aliphatic heterocycles. The van der Waals surface area contributed by atoms with Gasteiger partial charge in [0.1, 0.15) is 10.6 Å². The van der Waals surface area contributed by atoms with Crippen LogP contribution in [0.25, 0.3) is 0 Å². The molecule has 0 radical (unpaired) electrons. The van der Waals surface area contributed by atoms with Crippen molar-refractivity contribution in [3.05, 3.63) is 71.9 Å². The number of likely N-dealkylation sites (tertiary alicyclic amines) is 1. The average molecular weight is 414 g/mol. The minimum Gasteiger partial charge on any atom is -0.379 e. The Morgan fingerprint density at radius 1 is 1.07 bits per heavy atom. The van der Waals surface area contributed by atoms with Gasteiger partial charge in [0.25, 0.3) is 0 Å². The van der Waals surface area contributed by atoms with Crippen LogP contribution in [0, 0.1) is 6.92 Å². The number of carbonyl (C=O) groups is 1. The minimum atomic E-state index is -3.94. The molecule has 1 heterocycles. The fourth-order valence-electron chi connectivity index (χ4n) is 3.32. The SMILES string of the molecule is Cc1cccc(S(=O)(=O)Oc2cccc(C(=O)CCC=CN3CCCCC3)c2)c1. The third-order valence-electron chi connectivity index (χ3n) is 4.89. The van der Waals surface area contributed by atoms with Crippen LogP contribution in [-0.4, -0.2) is 32.2 Å². The van der Waals surface area contributed by atoms with Gasteiger partial charge in [-0.25, -0.2) is 0 Å². The lowest BCUT2D eigenvalue weighted by molar-refractivity contribution is 0.0983. The van der Waals surface area contributed by atoms with Crippen LogP contribution in [0.5, 0.6) is 5.75 Å². The molecule has 29 heavy (non-hydrogen) atoms. The van der Waals surface area contributed by atoms with Crippen molar-refractivity contribution in [3.63, 3.8) is 0 Å². The summed E-state index contributed by atoms with van der Waals surface area (Å²) in [7, 11) is -3.94. The van der Waals surface area contributed by atoms with E-state index in [0.717, 1.165) is 18.7 Å². The van der Waals surface area contributed by atoms with E-state index < -0.39 is 10.1 Å². The molecule has 154 valence electrons. The van der Waals surface area contributed by atoms with Gasteiger partial charge in [0.15, 0.2) is 5.78 Å². The van der Waals surface area contributed by atoms with Crippen molar-refractivity contribution in [1.29, 1.82) is 0 Å². The molecular weight excluding hydrogens is 386 g/mol. The summed E-state index contributed by atoms with van der Waals surface area (Å²) in [6.45, 7) is 3.98. The molecule has 0 amide bonds. The number of allylic oxidation sites excluding steroid dienone is 1. The number of hydrogen-bond donors (Lipinski definition) is 0. The van der Waals surface area contributed by atoms with Gasteiger partial charge in [0.2, 0.25) is 0 Å². The fraction of sp³-hybridized carbons (Fsp3) is 0.348. The molecule has 0 spiro atoms. The Morgan fingerprint density at radius 3 is 2.59 bits per heavy atom. The predicted octanol–water partition coefficient (Wildman–Crippen LogP) is 4.73. The van der Waals surface area contributed by atoms with Crippen molar-refractivity contribution < 1.29 is 17.4 Å². The van der Waals surface area contributed by atoms with E-state index >= 15 is 0 Å². The highest BCUT2D eigenvalue weighted by Gasteiger charge is 2.17. The van der Waals surface area contributed by atoms with E-state index in [-0.39, 0.29) is 16.4 Å². The average Bonchev–Trinajstić information content (AvgIpc) is 2.72. The van der Waals surface area contributed by atoms with Gasteiger partial charge >= 0.3 is 10.1 Å². The summed E-state index contributed by atoms with van der Waals surface area (Å²) in [5.74, 6) is 0.105. The summed E-state index contributed by atoms with van der Waals surface area (Å²) >= 11 is 0. The lowest BCUT2D eigenvalue weighted by Gasteiger charge is -2.24. The van der Waals surface area contributed by atoms with Crippen LogP contribution in [0.2, 0.25) is 0 Å². The normalized spacial score (nSPS) is 14.9. The Kier molecular flexibility index (Phi) is 7.09. The van der Waals surface area contributed by atoms with Crippen molar-refractivity contribution in [2.75, 3.05) is 13.1 Å². The molecule has 3 rings (SSSR count). The Hall–Kier alpha value is -2.60. The monoisotopic (exact) mass is 413 g/mol. The fourth-order valence-corrected chi connectivity index (χ4v) is 4.35. The number of rotatable bonds is 8. The van der Waals surface area contributed by atoms with Crippen LogP contribution in [0.3, 0.4) is 0 Å². The second-order valence-corrected chi connectivity index (χ2v) is 8.87. The smallest absolute Gasteiger partial charge is 0.339 e. The van der Waals surface area contributed by atoms with E-state index in [4.69, 9.17) is 4.18 Å². The quantitative estimate of drug-likeness (QED) is 0.463. The summed E-state index contributed by atoms with van der Waals surface area (Å²) in [6, 6.07) is 12.9. The van der Waals surface area contributed by atoms with Gasteiger partial charge in [0.05, 0.1) is 0 Å². The van der Waals surface area contributed by atoms with Crippen LogP contribution in [-0.2, 0) is 10.1 Å². The maximum absolute atomic E-state index is 12.5. The molecule has 0 bridgehead atoms. The summed E-state index contributed by atoms with van der Waals surface area (Å²) < 4.78 is 30.2. The summed E-state index contributed by atoms with van der Waals surface area (Å²) in [5, 5.41) is 0. The van der Waals surface area contributed by atoms with E-state index in [1.165, 1.54) is 31.4 Å². The van der Waals surface area contributed by atoms with E-state index in [9.17, 15) is 13.2 Å². The van der Waals surface area contributed by atoms with Gasteiger partial charge in [0, 0.05) is 25.1 Å². The van der Waals surface area contributed by atoms with Gasteiger partial charge in [-0.15, -0.1) is 0 Å². The van der Waals surface area contributed by atoms with Crippen molar-refractivity contribution in [1.82, 2.24) is 4.90 Å². The van der Waals surface area contributed by atoms with Gasteiger partial charge in [-0.05, 0) is 68.6 Å². The van der Waals surface area contributed by atoms with Gasteiger partial charge < -0.3 is 9.08 Å². The van der Waals surface area contributed by atoms with Crippen molar-refractivity contribution in [2.45, 2.75) is 43.9 Å². The topological polar surface area (TPSA) is 63.7 Å². The second-order valence-electron chi connectivity index (χ2n) is 7.33. The number of aryl methyl sites for hydroxylation is 1. The third-order valence-corrected chi connectivity index (χ3v) is 6.13. The lowest BCUT2D eigenvalue weighted by Crippen LogP contribution is -2.24. The molecule has 1 fully saturated rings. The third kappa shape index (κ3) is 6.19. The van der Waals surface area contributed by atoms with Crippen LogP contribution in [0.1, 0.15) is 48.0 Å². The maximum Gasteiger partial charge on any atom is 0.339 e. The highest BCUT2D eigenvalue weighted by Crippen LogP contribution is 2.21. The van der Waals surface area contributed by atoms with Crippen LogP contribution in [0.15, 0.2) is 65.7 Å². The first-order valence-corrected chi connectivity index (χ1v) is 11.4. The summed E-state index contributed by atoms with van der Waals surface area (Å²) in [5.41, 5.74) is 1.28. The molecule has 0 saturated carbocycles. The summed E-state index contributed by atoms with van der Waals surface area (Å²) in [4.78, 5) is 14.9. The molecule has 0 atom stereocenters.